The van der Waals surface area contributed by atoms with Crippen LogP contribution in [0.2, 0.25) is 18.1 Å². The Balaban J connectivity index is 4.75. The van der Waals surface area contributed by atoms with E-state index in [2.05, 4.69) is 59.1 Å². The van der Waals surface area contributed by atoms with E-state index in [0.29, 0.717) is 6.42 Å². The van der Waals surface area contributed by atoms with Crippen LogP contribution in [0, 0.1) is 0 Å². The number of nitrogens with one attached hydrogen (secondary N) is 1. The summed E-state index contributed by atoms with van der Waals surface area (Å²) in [5.41, 5.74) is 0. The first-order valence-electron chi connectivity index (χ1n) is 25.8. The minimum absolute atomic E-state index is 0.0215. The number of hydrogen-bond donors (Lipinski definition) is 2. The van der Waals surface area contributed by atoms with Crippen molar-refractivity contribution in [2.75, 3.05) is 6.61 Å². The van der Waals surface area contributed by atoms with E-state index in [1.807, 2.05) is 6.08 Å². The standard InChI is InChI=1S/C52H101NO6Si/c1-8-10-12-14-16-18-20-22-23-24-25-26-27-28-29-31-33-35-37-39-41-43-49(54)53-47(46-58-60(6,7)52(3,4)5)48(59-51(57)45-44-50(55)56)42-40-38-36-34-32-30-21-19-17-15-13-11-9-2/h40,42,47-48H,8-39,41,43-46H2,1-7H3,(H,53,54)(H,55,56)/b42-40+/t47-,48+/m0/s1. The largest absolute Gasteiger partial charge is 0.481 e. The molecule has 0 aliphatic rings. The molecule has 0 bridgehead atoms. The molecule has 0 spiro atoms. The summed E-state index contributed by atoms with van der Waals surface area (Å²) < 4.78 is 12.5. The normalized spacial score (nSPS) is 13.2. The minimum atomic E-state index is -2.17. The van der Waals surface area contributed by atoms with Gasteiger partial charge in [0.15, 0.2) is 8.32 Å². The van der Waals surface area contributed by atoms with Gasteiger partial charge >= 0.3 is 11.9 Å². The van der Waals surface area contributed by atoms with Gasteiger partial charge in [0.25, 0.3) is 0 Å². The lowest BCUT2D eigenvalue weighted by molar-refractivity contribution is -0.152. The summed E-state index contributed by atoms with van der Waals surface area (Å²) in [6.45, 7) is 15.7. The molecule has 0 fully saturated rings. The number of rotatable bonds is 44. The lowest BCUT2D eigenvalue weighted by Crippen LogP contribution is -2.51. The molecule has 1 amide bonds. The van der Waals surface area contributed by atoms with Gasteiger partial charge in [0.2, 0.25) is 5.91 Å². The third-order valence-electron chi connectivity index (χ3n) is 12.8. The van der Waals surface area contributed by atoms with E-state index < -0.39 is 32.4 Å². The summed E-state index contributed by atoms with van der Waals surface area (Å²) in [7, 11) is -2.17. The molecule has 7 nitrogen and oxygen atoms in total. The van der Waals surface area contributed by atoms with Crippen LogP contribution < -0.4 is 5.32 Å². The molecule has 0 heterocycles. The molecule has 0 aromatic heterocycles. The van der Waals surface area contributed by atoms with Crippen molar-refractivity contribution in [3.63, 3.8) is 0 Å². The number of carboxylic acid groups (broad SMARTS) is 1. The zero-order valence-electron chi connectivity index (χ0n) is 41.0. The monoisotopic (exact) mass is 864 g/mol. The van der Waals surface area contributed by atoms with E-state index in [-0.39, 0.29) is 30.4 Å². The van der Waals surface area contributed by atoms with E-state index in [0.717, 1.165) is 38.5 Å². The second-order valence-corrected chi connectivity index (χ2v) is 24.5. The van der Waals surface area contributed by atoms with Gasteiger partial charge in [-0.25, -0.2) is 0 Å². The number of hydrogen-bond acceptors (Lipinski definition) is 5. The molecule has 0 aromatic rings. The summed E-state index contributed by atoms with van der Waals surface area (Å²) in [6, 6.07) is -0.552. The average Bonchev–Trinajstić information content (AvgIpc) is 3.20. The van der Waals surface area contributed by atoms with Gasteiger partial charge in [0.1, 0.15) is 6.10 Å². The van der Waals surface area contributed by atoms with Crippen LogP contribution in [-0.4, -0.2) is 50.0 Å². The molecule has 8 heteroatoms. The summed E-state index contributed by atoms with van der Waals surface area (Å²) in [4.78, 5) is 37.4. The lowest BCUT2D eigenvalue weighted by Gasteiger charge is -2.38. The Kier molecular flexibility index (Phi) is 39.0. The van der Waals surface area contributed by atoms with Crippen molar-refractivity contribution in [3.05, 3.63) is 12.2 Å². The summed E-state index contributed by atoms with van der Waals surface area (Å²) in [5, 5.41) is 12.3. The number of carbonyl (C=O) groups excluding carboxylic acids is 2. The number of carbonyl (C=O) groups is 3. The SMILES string of the molecule is CCCCCCCCCCCCC/C=C/[C@@H](OC(=O)CCC(=O)O)[C@H](CO[Si](C)(C)C(C)(C)C)NC(=O)CCCCCCCCCCCCCCCCCCCCCCC. The summed E-state index contributed by atoms with van der Waals surface area (Å²) in [6.07, 6.45) is 46.0. The van der Waals surface area contributed by atoms with Crippen molar-refractivity contribution in [1.29, 1.82) is 0 Å². The predicted octanol–water partition coefficient (Wildman–Crippen LogP) is 16.1. The van der Waals surface area contributed by atoms with Crippen LogP contribution in [0.1, 0.15) is 266 Å². The Morgan fingerprint density at radius 3 is 1.28 bits per heavy atom. The molecule has 0 saturated carbocycles. The van der Waals surface area contributed by atoms with Crippen molar-refractivity contribution in [2.24, 2.45) is 0 Å². The molecule has 0 unspecified atom stereocenters. The highest BCUT2D eigenvalue weighted by Crippen LogP contribution is 2.36. The fourth-order valence-corrected chi connectivity index (χ4v) is 8.59. The topological polar surface area (TPSA) is 102 Å². The Hall–Kier alpha value is -1.67. The number of esters is 1. The zero-order chi connectivity index (χ0) is 44.6. The van der Waals surface area contributed by atoms with Gasteiger partial charge in [0.05, 0.1) is 25.5 Å². The van der Waals surface area contributed by atoms with Gasteiger partial charge in [-0.1, -0.05) is 233 Å². The number of unbranched alkanes of at least 4 members (excludes halogenated alkanes) is 31. The van der Waals surface area contributed by atoms with Gasteiger partial charge in [-0.3, -0.25) is 14.4 Å². The summed E-state index contributed by atoms with van der Waals surface area (Å²) >= 11 is 0. The van der Waals surface area contributed by atoms with E-state index >= 15 is 0 Å². The van der Waals surface area contributed by atoms with E-state index in [9.17, 15) is 19.5 Å². The molecule has 0 radical (unpaired) electrons. The molecule has 0 aromatic carbocycles. The molecule has 0 rings (SSSR count). The van der Waals surface area contributed by atoms with Gasteiger partial charge in [0, 0.05) is 6.42 Å². The molecule has 60 heavy (non-hydrogen) atoms. The van der Waals surface area contributed by atoms with Crippen LogP contribution in [0.15, 0.2) is 12.2 Å². The second-order valence-electron chi connectivity index (χ2n) is 19.7. The third-order valence-corrected chi connectivity index (χ3v) is 17.3. The fourth-order valence-electron chi connectivity index (χ4n) is 7.56. The number of ether oxygens (including phenoxy) is 1. The third kappa shape index (κ3) is 36.9. The molecule has 0 aliphatic carbocycles. The maximum absolute atomic E-state index is 13.4. The molecule has 2 N–H and O–H groups in total. The zero-order valence-corrected chi connectivity index (χ0v) is 42.0. The highest BCUT2D eigenvalue weighted by atomic mass is 28.4. The smallest absolute Gasteiger partial charge is 0.307 e. The Bertz CT molecular complexity index is 1040. The van der Waals surface area contributed by atoms with Crippen LogP contribution in [0.25, 0.3) is 0 Å². The van der Waals surface area contributed by atoms with E-state index in [4.69, 9.17) is 9.16 Å². The van der Waals surface area contributed by atoms with Crippen molar-refractivity contribution < 1.29 is 28.7 Å². The number of allylic oxidation sites excluding steroid dienone is 1. The highest BCUT2D eigenvalue weighted by Gasteiger charge is 2.38. The van der Waals surface area contributed by atoms with E-state index in [1.54, 1.807) is 0 Å². The van der Waals surface area contributed by atoms with Gasteiger partial charge in [-0.2, -0.15) is 0 Å². The first-order valence-corrected chi connectivity index (χ1v) is 28.8. The molecule has 2 atom stereocenters. The van der Waals surface area contributed by atoms with Crippen LogP contribution in [0.3, 0.4) is 0 Å². The van der Waals surface area contributed by atoms with Crippen molar-refractivity contribution >= 4 is 26.2 Å². The number of amides is 1. The first kappa shape index (κ1) is 58.3. The lowest BCUT2D eigenvalue weighted by atomic mass is 10.0. The van der Waals surface area contributed by atoms with Gasteiger partial charge in [-0.05, 0) is 43.5 Å². The number of aliphatic carboxylic acids is 1. The second kappa shape index (κ2) is 40.1. The van der Waals surface area contributed by atoms with Crippen molar-refractivity contribution in [2.45, 2.75) is 296 Å². The van der Waals surface area contributed by atoms with Crippen LogP contribution in [-0.2, 0) is 23.5 Å². The highest BCUT2D eigenvalue weighted by molar-refractivity contribution is 6.74. The van der Waals surface area contributed by atoms with Gasteiger partial charge < -0.3 is 19.6 Å². The molecule has 0 aliphatic heterocycles. The van der Waals surface area contributed by atoms with Crippen molar-refractivity contribution in [1.82, 2.24) is 5.32 Å². The first-order chi connectivity index (χ1) is 28.8. The Morgan fingerprint density at radius 1 is 0.550 bits per heavy atom. The van der Waals surface area contributed by atoms with Gasteiger partial charge in [-0.15, -0.1) is 0 Å². The minimum Gasteiger partial charge on any atom is -0.481 e. The van der Waals surface area contributed by atoms with Crippen molar-refractivity contribution in [3.8, 4) is 0 Å². The van der Waals surface area contributed by atoms with Crippen LogP contribution in [0.5, 0.6) is 0 Å². The molecule has 354 valence electrons. The average molecular weight is 864 g/mol. The maximum Gasteiger partial charge on any atom is 0.307 e. The summed E-state index contributed by atoms with van der Waals surface area (Å²) in [5.74, 6) is -1.66. The number of carboxylic acids is 1. The molecule has 0 saturated heterocycles. The molecular formula is C52H101NO6Si. The fraction of sp³-hybridized carbons (Fsp3) is 0.904. The molecular weight excluding hydrogens is 763 g/mol. The maximum atomic E-state index is 13.4. The van der Waals surface area contributed by atoms with E-state index in [1.165, 1.54) is 173 Å². The Morgan fingerprint density at radius 2 is 0.917 bits per heavy atom. The quantitative estimate of drug-likeness (QED) is 0.0274. The Labute approximate surface area is 373 Å². The predicted molar refractivity (Wildman–Crippen MR) is 259 cm³/mol. The van der Waals surface area contributed by atoms with Crippen LogP contribution in [0.4, 0.5) is 0 Å². The van der Waals surface area contributed by atoms with Crippen LogP contribution >= 0.6 is 0 Å².